The molecule has 0 spiro atoms. The minimum absolute atomic E-state index is 0.331. The van der Waals surface area contributed by atoms with Gasteiger partial charge in [0, 0.05) is 31.1 Å². The molecule has 0 aliphatic carbocycles. The molecule has 4 aromatic rings. The van der Waals surface area contributed by atoms with Crippen molar-refractivity contribution in [3.8, 4) is 11.5 Å². The van der Waals surface area contributed by atoms with Gasteiger partial charge in [-0.2, -0.15) is 5.10 Å². The Bertz CT molecular complexity index is 1370. The predicted octanol–water partition coefficient (Wildman–Crippen LogP) is 0.403. The van der Waals surface area contributed by atoms with E-state index in [-0.39, 0.29) is 0 Å². The summed E-state index contributed by atoms with van der Waals surface area (Å²) in [7, 11) is 0.460. The largest absolute Gasteiger partial charge is 0.488 e. The summed E-state index contributed by atoms with van der Waals surface area (Å²) in [6, 6.07) is 12.3. The number of fused-ring (bicyclic) bond motifs is 2. The molecular formula is C22H22BN7O3. The fourth-order valence-corrected chi connectivity index (χ4v) is 4.12. The van der Waals surface area contributed by atoms with Gasteiger partial charge < -0.3 is 26.0 Å². The third-order valence-corrected chi connectivity index (χ3v) is 5.83. The van der Waals surface area contributed by atoms with E-state index in [9.17, 15) is 14.8 Å². The van der Waals surface area contributed by atoms with Gasteiger partial charge >= 0.3 is 7.12 Å². The summed E-state index contributed by atoms with van der Waals surface area (Å²) < 4.78 is 0. The zero-order valence-electron chi connectivity index (χ0n) is 17.9. The lowest BCUT2D eigenvalue weighted by Crippen LogP contribution is -2.30. The minimum atomic E-state index is -1.52. The molecule has 0 saturated carbocycles. The molecule has 33 heavy (non-hydrogen) atoms. The normalized spacial score (nSPS) is 12.8. The first-order chi connectivity index (χ1) is 15.9. The van der Waals surface area contributed by atoms with Gasteiger partial charge in [0.15, 0.2) is 5.82 Å². The average Bonchev–Trinajstić information content (AvgIpc) is 3.41. The van der Waals surface area contributed by atoms with Crippen LogP contribution < -0.4 is 21.4 Å². The summed E-state index contributed by atoms with van der Waals surface area (Å²) in [5.41, 5.74) is 9.24. The van der Waals surface area contributed by atoms with Gasteiger partial charge in [0.2, 0.25) is 0 Å². The van der Waals surface area contributed by atoms with Crippen LogP contribution in [-0.4, -0.2) is 56.8 Å². The number of benzene rings is 2. The predicted molar refractivity (Wildman–Crippen MR) is 126 cm³/mol. The number of nitrogens with one attached hydrogen (secondary N) is 2. The number of aromatic amines is 1. The van der Waals surface area contributed by atoms with Crippen LogP contribution in [0.5, 0.6) is 0 Å². The van der Waals surface area contributed by atoms with E-state index >= 15 is 0 Å². The molecule has 0 unspecified atom stereocenters. The molecule has 1 aliphatic heterocycles. The molecule has 3 heterocycles. The average molecular weight is 443 g/mol. The van der Waals surface area contributed by atoms with Gasteiger partial charge in [0.05, 0.1) is 5.56 Å². The molecule has 2 aromatic heterocycles. The second-order valence-corrected chi connectivity index (χ2v) is 8.01. The molecule has 0 atom stereocenters. The van der Waals surface area contributed by atoms with Crippen molar-refractivity contribution in [3.05, 3.63) is 59.2 Å². The zero-order valence-corrected chi connectivity index (χ0v) is 17.9. The van der Waals surface area contributed by atoms with Crippen molar-refractivity contribution in [3.63, 3.8) is 0 Å². The van der Waals surface area contributed by atoms with Crippen LogP contribution in [0.4, 0.5) is 11.6 Å². The van der Waals surface area contributed by atoms with E-state index < -0.39 is 13.0 Å². The lowest BCUT2D eigenvalue weighted by atomic mass is 9.79. The molecule has 6 N–H and O–H groups in total. The number of rotatable bonds is 6. The van der Waals surface area contributed by atoms with Crippen LogP contribution in [0.2, 0.25) is 0 Å². The first-order valence-corrected chi connectivity index (χ1v) is 10.5. The Morgan fingerprint density at radius 2 is 2.06 bits per heavy atom. The molecule has 0 bridgehead atoms. The minimum Gasteiger partial charge on any atom is -0.423 e. The van der Waals surface area contributed by atoms with Crippen LogP contribution in [0, 0.1) is 0 Å². The summed E-state index contributed by atoms with van der Waals surface area (Å²) in [6.07, 6.45) is 0.805. The number of likely N-dealkylation sites (N-methyl/N-ethyl adjacent to an activating group) is 1. The van der Waals surface area contributed by atoms with Gasteiger partial charge in [0.1, 0.15) is 22.8 Å². The van der Waals surface area contributed by atoms with E-state index in [1.807, 2.05) is 19.2 Å². The van der Waals surface area contributed by atoms with Crippen molar-refractivity contribution < 1.29 is 14.8 Å². The topological polar surface area (TPSA) is 153 Å². The standard InChI is InChI=1S/C22H22BN7O3/c1-30-9-8-16-20(25-11-12-4-2-5-13(10-12)23(32)33)26-21(27-22(16)30)18-14-6-3-7-15(19(24)31)17(14)28-29-18/h2-7,10,32-33H,8-9,11H2,1H3,(H2,24,31)(H,28,29)(H,25,26,27). The van der Waals surface area contributed by atoms with Crippen LogP contribution in [0.3, 0.4) is 0 Å². The zero-order chi connectivity index (χ0) is 23.1. The molecule has 0 saturated heterocycles. The number of hydrogen-bond donors (Lipinski definition) is 5. The van der Waals surface area contributed by atoms with Crippen LogP contribution in [-0.2, 0) is 13.0 Å². The molecule has 166 valence electrons. The fraction of sp³-hybridized carbons (Fsp3) is 0.182. The number of nitrogens with two attached hydrogens (primary N) is 1. The van der Waals surface area contributed by atoms with E-state index in [1.54, 1.807) is 30.3 Å². The highest BCUT2D eigenvalue weighted by molar-refractivity contribution is 6.58. The summed E-state index contributed by atoms with van der Waals surface area (Å²) in [4.78, 5) is 23.4. The Morgan fingerprint density at radius 3 is 2.85 bits per heavy atom. The highest BCUT2D eigenvalue weighted by Gasteiger charge is 2.25. The van der Waals surface area contributed by atoms with E-state index in [4.69, 9.17) is 15.7 Å². The van der Waals surface area contributed by atoms with E-state index in [1.165, 1.54) is 0 Å². The molecule has 1 amide bonds. The molecule has 5 rings (SSSR count). The van der Waals surface area contributed by atoms with Crippen molar-refractivity contribution in [2.75, 3.05) is 23.8 Å². The maximum Gasteiger partial charge on any atom is 0.488 e. The van der Waals surface area contributed by atoms with Gasteiger partial charge in [-0.3, -0.25) is 9.89 Å². The Hall–Kier alpha value is -3.96. The molecule has 10 nitrogen and oxygen atoms in total. The number of carbonyl (C=O) groups excluding carboxylic acids is 1. The van der Waals surface area contributed by atoms with E-state index in [0.717, 1.165) is 29.9 Å². The fourth-order valence-electron chi connectivity index (χ4n) is 4.12. The van der Waals surface area contributed by atoms with Crippen molar-refractivity contribution in [2.24, 2.45) is 5.73 Å². The lowest BCUT2D eigenvalue weighted by molar-refractivity contribution is 0.100. The second-order valence-electron chi connectivity index (χ2n) is 8.01. The molecule has 0 radical (unpaired) electrons. The lowest BCUT2D eigenvalue weighted by Gasteiger charge is -2.15. The summed E-state index contributed by atoms with van der Waals surface area (Å²) in [5, 5.41) is 30.2. The van der Waals surface area contributed by atoms with Crippen molar-refractivity contribution in [2.45, 2.75) is 13.0 Å². The number of aromatic nitrogens is 4. The van der Waals surface area contributed by atoms with Gasteiger partial charge in [-0.25, -0.2) is 9.97 Å². The maximum absolute atomic E-state index is 11.8. The highest BCUT2D eigenvalue weighted by atomic mass is 16.4. The van der Waals surface area contributed by atoms with E-state index in [0.29, 0.717) is 45.8 Å². The van der Waals surface area contributed by atoms with Gasteiger partial charge in [-0.15, -0.1) is 0 Å². The number of para-hydroxylation sites is 1. The SMILES string of the molecule is CN1CCc2c(NCc3cccc(B(O)O)c3)nc(-c3[nH]nc4c(C(N)=O)cccc34)nc21. The Morgan fingerprint density at radius 1 is 1.24 bits per heavy atom. The Labute approximate surface area is 189 Å². The quantitative estimate of drug-likeness (QED) is 0.269. The van der Waals surface area contributed by atoms with Gasteiger partial charge in [-0.05, 0) is 23.5 Å². The highest BCUT2D eigenvalue weighted by Crippen LogP contribution is 2.34. The number of primary amides is 1. The van der Waals surface area contributed by atoms with Crippen molar-refractivity contribution in [1.29, 1.82) is 0 Å². The summed E-state index contributed by atoms with van der Waals surface area (Å²) in [5.74, 6) is 1.43. The number of hydrogen-bond acceptors (Lipinski definition) is 8. The smallest absolute Gasteiger partial charge is 0.423 e. The third kappa shape index (κ3) is 3.77. The molecule has 11 heteroatoms. The Balaban J connectivity index is 1.55. The van der Waals surface area contributed by atoms with Gasteiger partial charge in [-0.1, -0.05) is 36.4 Å². The van der Waals surface area contributed by atoms with Crippen LogP contribution in [0.15, 0.2) is 42.5 Å². The molecular weight excluding hydrogens is 421 g/mol. The summed E-state index contributed by atoms with van der Waals surface area (Å²) >= 11 is 0. The second kappa shape index (κ2) is 8.19. The first-order valence-electron chi connectivity index (χ1n) is 10.5. The van der Waals surface area contributed by atoms with Gasteiger partial charge in [0.25, 0.3) is 5.91 Å². The number of amides is 1. The number of carbonyl (C=O) groups is 1. The molecule has 2 aromatic carbocycles. The van der Waals surface area contributed by atoms with E-state index in [2.05, 4.69) is 20.4 Å². The first kappa shape index (κ1) is 20.9. The monoisotopic (exact) mass is 443 g/mol. The number of H-pyrrole nitrogens is 1. The third-order valence-electron chi connectivity index (χ3n) is 5.83. The maximum atomic E-state index is 11.8. The molecule has 1 aliphatic rings. The van der Waals surface area contributed by atoms with Crippen LogP contribution in [0.25, 0.3) is 22.4 Å². The number of nitrogens with zero attached hydrogens (tertiary/aromatic N) is 4. The molecule has 0 fully saturated rings. The van der Waals surface area contributed by atoms with Crippen LogP contribution >= 0.6 is 0 Å². The number of anilines is 2. The van der Waals surface area contributed by atoms with Crippen molar-refractivity contribution in [1.82, 2.24) is 20.2 Å². The Kier molecular flexibility index (Phi) is 5.19. The summed E-state index contributed by atoms with van der Waals surface area (Å²) in [6.45, 7) is 1.27. The van der Waals surface area contributed by atoms with Crippen molar-refractivity contribution >= 4 is 41.0 Å². The van der Waals surface area contributed by atoms with Crippen LogP contribution in [0.1, 0.15) is 21.5 Å².